The third-order valence-corrected chi connectivity index (χ3v) is 3.78. The second-order valence-electron chi connectivity index (χ2n) is 5.29. The molecule has 1 aromatic rings. The summed E-state index contributed by atoms with van der Waals surface area (Å²) in [4.78, 5) is 2.26. The van der Waals surface area contributed by atoms with E-state index in [0.717, 1.165) is 25.9 Å². The first-order valence-corrected chi connectivity index (χ1v) is 7.36. The summed E-state index contributed by atoms with van der Waals surface area (Å²) >= 11 is 0. The van der Waals surface area contributed by atoms with Crippen LogP contribution in [-0.2, 0) is 11.3 Å². The summed E-state index contributed by atoms with van der Waals surface area (Å²) in [5.41, 5.74) is 1.36. The van der Waals surface area contributed by atoms with E-state index in [0.29, 0.717) is 30.2 Å². The van der Waals surface area contributed by atoms with Gasteiger partial charge in [0, 0.05) is 44.3 Å². The Bertz CT molecular complexity index is 513. The predicted octanol–water partition coefficient (Wildman–Crippen LogP) is 2.17. The molecule has 21 heavy (non-hydrogen) atoms. The van der Waals surface area contributed by atoms with Crippen molar-refractivity contribution in [1.29, 1.82) is 0 Å². The number of methoxy groups -OCH3 is 1. The maximum Gasteiger partial charge on any atom is 0.128 e. The molecule has 1 saturated heterocycles. The Balaban J connectivity index is 1.94. The summed E-state index contributed by atoms with van der Waals surface area (Å²) in [5, 5.41) is 8.67. The van der Waals surface area contributed by atoms with Crippen molar-refractivity contribution in [3.63, 3.8) is 0 Å². The first-order chi connectivity index (χ1) is 10.2. The molecule has 3 nitrogen and oxygen atoms in total. The van der Waals surface area contributed by atoms with Crippen molar-refractivity contribution in [2.24, 2.45) is 0 Å². The highest BCUT2D eigenvalue weighted by Gasteiger charge is 2.19. The fourth-order valence-corrected chi connectivity index (χ4v) is 2.52. The molecule has 0 bridgehead atoms. The zero-order valence-electron chi connectivity index (χ0n) is 12.4. The fourth-order valence-electron chi connectivity index (χ4n) is 2.52. The molecule has 0 aliphatic carbocycles. The maximum atomic E-state index is 14.1. The first kappa shape index (κ1) is 16.0. The molecule has 0 atom stereocenters. The standard InChI is InChI=1S/C17H22FNO2/c1-21-16-7-9-19(10-8-16)13-15-6-5-14(12-17(15)18)4-2-3-11-20/h5-6,12,16,20H,3,7-11,13H2,1H3. The molecule has 0 saturated carbocycles. The molecule has 0 unspecified atom stereocenters. The Hall–Kier alpha value is -1.41. The van der Waals surface area contributed by atoms with E-state index < -0.39 is 0 Å². The van der Waals surface area contributed by atoms with Crippen molar-refractivity contribution < 1.29 is 14.2 Å². The van der Waals surface area contributed by atoms with Crippen LogP contribution in [0.4, 0.5) is 4.39 Å². The third-order valence-electron chi connectivity index (χ3n) is 3.78. The normalized spacial score (nSPS) is 16.5. The third kappa shape index (κ3) is 4.82. The predicted molar refractivity (Wildman–Crippen MR) is 80.3 cm³/mol. The molecule has 1 heterocycles. The van der Waals surface area contributed by atoms with Gasteiger partial charge in [0.15, 0.2) is 0 Å². The van der Waals surface area contributed by atoms with E-state index in [9.17, 15) is 4.39 Å². The molecule has 0 aromatic heterocycles. The summed E-state index contributed by atoms with van der Waals surface area (Å²) in [7, 11) is 1.75. The highest BCUT2D eigenvalue weighted by Crippen LogP contribution is 2.18. The molecule has 0 amide bonds. The summed E-state index contributed by atoms with van der Waals surface area (Å²) in [6.45, 7) is 2.55. The highest BCUT2D eigenvalue weighted by molar-refractivity contribution is 5.37. The Kier molecular flexibility index (Phi) is 6.19. The molecule has 1 N–H and O–H groups in total. The SMILES string of the molecule is COC1CCN(Cc2ccc(C#CCCO)cc2F)CC1. The zero-order valence-corrected chi connectivity index (χ0v) is 12.4. The summed E-state index contributed by atoms with van der Waals surface area (Å²) in [6, 6.07) is 5.12. The van der Waals surface area contributed by atoms with Gasteiger partial charge in [-0.2, -0.15) is 0 Å². The van der Waals surface area contributed by atoms with E-state index >= 15 is 0 Å². The van der Waals surface area contributed by atoms with Crippen molar-refractivity contribution in [3.05, 3.63) is 35.1 Å². The van der Waals surface area contributed by atoms with Crippen LogP contribution < -0.4 is 0 Å². The van der Waals surface area contributed by atoms with Crippen LogP contribution in [0, 0.1) is 17.7 Å². The highest BCUT2D eigenvalue weighted by atomic mass is 19.1. The smallest absolute Gasteiger partial charge is 0.128 e. The Labute approximate surface area is 125 Å². The maximum absolute atomic E-state index is 14.1. The molecule has 0 spiro atoms. The van der Waals surface area contributed by atoms with Gasteiger partial charge < -0.3 is 9.84 Å². The lowest BCUT2D eigenvalue weighted by Crippen LogP contribution is -2.36. The average molecular weight is 291 g/mol. The number of rotatable bonds is 4. The van der Waals surface area contributed by atoms with E-state index in [4.69, 9.17) is 9.84 Å². The van der Waals surface area contributed by atoms with Crippen molar-refractivity contribution in [1.82, 2.24) is 4.90 Å². The van der Waals surface area contributed by atoms with Gasteiger partial charge in [0.05, 0.1) is 12.7 Å². The Morgan fingerprint density at radius 1 is 1.38 bits per heavy atom. The van der Waals surface area contributed by atoms with Crippen molar-refractivity contribution in [2.45, 2.75) is 31.9 Å². The van der Waals surface area contributed by atoms with Gasteiger partial charge >= 0.3 is 0 Å². The molecule has 1 aliphatic rings. The number of halogens is 1. The molecule has 114 valence electrons. The van der Waals surface area contributed by atoms with Crippen molar-refractivity contribution in [2.75, 3.05) is 26.8 Å². The Morgan fingerprint density at radius 3 is 2.76 bits per heavy atom. The first-order valence-electron chi connectivity index (χ1n) is 7.36. The molecule has 2 rings (SSSR count). The minimum absolute atomic E-state index is 0.0327. The van der Waals surface area contributed by atoms with Crippen LogP contribution >= 0.6 is 0 Å². The van der Waals surface area contributed by atoms with Gasteiger partial charge in [-0.15, -0.1) is 0 Å². The lowest BCUT2D eigenvalue weighted by molar-refractivity contribution is 0.0386. The average Bonchev–Trinajstić information content (AvgIpc) is 2.51. The van der Waals surface area contributed by atoms with Crippen LogP contribution in [0.2, 0.25) is 0 Å². The largest absolute Gasteiger partial charge is 0.395 e. The lowest BCUT2D eigenvalue weighted by Gasteiger charge is -2.31. The number of benzene rings is 1. The van der Waals surface area contributed by atoms with Gasteiger partial charge in [-0.25, -0.2) is 4.39 Å². The molecular weight excluding hydrogens is 269 g/mol. The molecular formula is C17H22FNO2. The quantitative estimate of drug-likeness (QED) is 0.863. The fraction of sp³-hybridized carbons (Fsp3) is 0.529. The minimum Gasteiger partial charge on any atom is -0.395 e. The van der Waals surface area contributed by atoms with Gasteiger partial charge in [-0.3, -0.25) is 4.90 Å². The van der Waals surface area contributed by atoms with Crippen LogP contribution in [0.1, 0.15) is 30.4 Å². The van der Waals surface area contributed by atoms with E-state index in [1.165, 1.54) is 6.07 Å². The van der Waals surface area contributed by atoms with E-state index in [2.05, 4.69) is 16.7 Å². The zero-order chi connectivity index (χ0) is 15.1. The van der Waals surface area contributed by atoms with Crippen molar-refractivity contribution in [3.8, 4) is 11.8 Å². The number of ether oxygens (including phenoxy) is 1. The van der Waals surface area contributed by atoms with Gasteiger partial charge in [0.25, 0.3) is 0 Å². The summed E-state index contributed by atoms with van der Waals surface area (Å²) in [6.07, 6.45) is 2.76. The Morgan fingerprint density at radius 2 is 2.14 bits per heavy atom. The summed E-state index contributed by atoms with van der Waals surface area (Å²) in [5.74, 6) is 5.44. The van der Waals surface area contributed by atoms with Gasteiger partial charge in [-0.1, -0.05) is 17.9 Å². The number of hydrogen-bond acceptors (Lipinski definition) is 3. The van der Waals surface area contributed by atoms with E-state index in [-0.39, 0.29) is 12.4 Å². The number of aliphatic hydroxyl groups is 1. The summed E-state index contributed by atoms with van der Waals surface area (Å²) < 4.78 is 19.4. The van der Waals surface area contributed by atoms with E-state index in [1.807, 2.05) is 6.07 Å². The van der Waals surface area contributed by atoms with Gasteiger partial charge in [-0.05, 0) is 25.0 Å². The van der Waals surface area contributed by atoms with Gasteiger partial charge in [0.2, 0.25) is 0 Å². The molecule has 0 radical (unpaired) electrons. The second kappa shape index (κ2) is 8.14. The monoisotopic (exact) mass is 291 g/mol. The van der Waals surface area contributed by atoms with Crippen LogP contribution in [0.15, 0.2) is 18.2 Å². The molecule has 1 aliphatic heterocycles. The molecule has 1 aromatic carbocycles. The van der Waals surface area contributed by atoms with Crippen LogP contribution in [0.3, 0.4) is 0 Å². The number of aliphatic hydroxyl groups excluding tert-OH is 1. The van der Waals surface area contributed by atoms with Gasteiger partial charge in [0.1, 0.15) is 5.82 Å². The van der Waals surface area contributed by atoms with Crippen LogP contribution in [0.5, 0.6) is 0 Å². The second-order valence-corrected chi connectivity index (χ2v) is 5.29. The molecule has 1 fully saturated rings. The number of piperidine rings is 1. The van der Waals surface area contributed by atoms with E-state index in [1.54, 1.807) is 13.2 Å². The lowest BCUT2D eigenvalue weighted by atomic mass is 10.1. The minimum atomic E-state index is -0.209. The number of likely N-dealkylation sites (tertiary alicyclic amines) is 1. The van der Waals surface area contributed by atoms with Crippen LogP contribution in [0.25, 0.3) is 0 Å². The topological polar surface area (TPSA) is 32.7 Å². The number of nitrogens with zero attached hydrogens (tertiary/aromatic N) is 1. The molecule has 4 heteroatoms. The number of hydrogen-bond donors (Lipinski definition) is 1. The van der Waals surface area contributed by atoms with Crippen LogP contribution in [-0.4, -0.2) is 42.9 Å². The van der Waals surface area contributed by atoms with Crippen molar-refractivity contribution >= 4 is 0 Å².